The Morgan fingerprint density at radius 2 is 2.10 bits per heavy atom. The molecule has 0 fully saturated rings. The molecule has 1 N–H and O–H groups in total. The second kappa shape index (κ2) is 5.84. The minimum Gasteiger partial charge on any atom is -0.322 e. The lowest BCUT2D eigenvalue weighted by Gasteiger charge is -2.07. The van der Waals surface area contributed by atoms with Crippen LogP contribution in [0.1, 0.15) is 15.9 Å². The maximum absolute atomic E-state index is 13.3. The molecule has 2 aromatic rings. The molecule has 0 saturated carbocycles. The summed E-state index contributed by atoms with van der Waals surface area (Å²) in [7, 11) is 0. The molecule has 1 aromatic heterocycles. The molecule has 8 heteroatoms. The molecule has 0 aliphatic carbocycles. The Kier molecular flexibility index (Phi) is 4.13. The number of nitro groups is 1. The van der Waals surface area contributed by atoms with Crippen LogP contribution in [0.2, 0.25) is 5.15 Å². The normalized spacial score (nSPS) is 10.2. The molecule has 0 unspecified atom stereocenters. The number of amides is 1. The molecular formula is C13H9ClFN3O3. The summed E-state index contributed by atoms with van der Waals surface area (Å²) in [5.41, 5.74) is 0.0687. The number of carbonyl (C=O) groups is 1. The van der Waals surface area contributed by atoms with Gasteiger partial charge in [0.05, 0.1) is 4.92 Å². The largest absolute Gasteiger partial charge is 0.322 e. The van der Waals surface area contributed by atoms with E-state index in [0.717, 1.165) is 18.3 Å². The van der Waals surface area contributed by atoms with Crippen LogP contribution in [0.4, 0.5) is 15.8 Å². The Morgan fingerprint density at radius 1 is 1.38 bits per heavy atom. The van der Waals surface area contributed by atoms with Crippen molar-refractivity contribution in [1.29, 1.82) is 0 Å². The fourth-order valence-corrected chi connectivity index (χ4v) is 1.91. The monoisotopic (exact) mass is 309 g/mol. The van der Waals surface area contributed by atoms with Gasteiger partial charge in [-0.3, -0.25) is 14.9 Å². The number of aromatic nitrogens is 1. The van der Waals surface area contributed by atoms with E-state index in [0.29, 0.717) is 5.56 Å². The highest BCUT2D eigenvalue weighted by molar-refractivity contribution is 6.30. The fourth-order valence-electron chi connectivity index (χ4n) is 1.76. The predicted molar refractivity (Wildman–Crippen MR) is 75.0 cm³/mol. The van der Waals surface area contributed by atoms with E-state index >= 15 is 0 Å². The van der Waals surface area contributed by atoms with Crippen LogP contribution in [0.3, 0.4) is 0 Å². The molecule has 0 bridgehead atoms. The van der Waals surface area contributed by atoms with Crippen LogP contribution in [0.25, 0.3) is 0 Å². The highest BCUT2D eigenvalue weighted by atomic mass is 35.5. The maximum atomic E-state index is 13.3. The van der Waals surface area contributed by atoms with E-state index in [1.165, 1.54) is 12.1 Å². The molecule has 0 saturated heterocycles. The number of rotatable bonds is 3. The summed E-state index contributed by atoms with van der Waals surface area (Å²) in [5.74, 6) is -1.29. The summed E-state index contributed by atoms with van der Waals surface area (Å²) in [5, 5.41) is 13.2. The molecule has 0 atom stereocenters. The van der Waals surface area contributed by atoms with Crippen molar-refractivity contribution in [2.24, 2.45) is 0 Å². The first kappa shape index (κ1) is 14.9. The zero-order valence-electron chi connectivity index (χ0n) is 10.8. The third kappa shape index (κ3) is 3.51. The zero-order valence-corrected chi connectivity index (χ0v) is 11.5. The van der Waals surface area contributed by atoms with E-state index in [4.69, 9.17) is 11.6 Å². The highest BCUT2D eigenvalue weighted by Crippen LogP contribution is 2.22. The smallest absolute Gasteiger partial charge is 0.300 e. The second-order valence-electron chi connectivity index (χ2n) is 4.25. The van der Waals surface area contributed by atoms with Gasteiger partial charge in [-0.2, -0.15) is 0 Å². The van der Waals surface area contributed by atoms with Crippen molar-refractivity contribution in [2.75, 3.05) is 5.32 Å². The fraction of sp³-hybridized carbons (Fsp3) is 0.0769. The Balaban J connectivity index is 2.36. The molecule has 6 nitrogen and oxygen atoms in total. The summed E-state index contributed by atoms with van der Waals surface area (Å²) in [6.45, 7) is 1.66. The van der Waals surface area contributed by atoms with Gasteiger partial charge in [0.15, 0.2) is 0 Å². The molecule has 1 heterocycles. The van der Waals surface area contributed by atoms with Gasteiger partial charge in [-0.25, -0.2) is 9.37 Å². The lowest BCUT2D eigenvalue weighted by Crippen LogP contribution is -2.14. The van der Waals surface area contributed by atoms with E-state index < -0.39 is 22.3 Å². The Labute approximate surface area is 123 Å². The first-order chi connectivity index (χ1) is 9.86. The third-order valence-corrected chi connectivity index (χ3v) is 2.80. The second-order valence-corrected chi connectivity index (χ2v) is 4.64. The van der Waals surface area contributed by atoms with Crippen molar-refractivity contribution in [2.45, 2.75) is 6.92 Å². The molecule has 108 valence electrons. The molecule has 1 aromatic carbocycles. The number of carbonyl (C=O) groups excluding carboxylic acids is 1. The number of hydrogen-bond donors (Lipinski definition) is 1. The molecule has 0 aliphatic heterocycles. The van der Waals surface area contributed by atoms with E-state index in [-0.39, 0.29) is 16.4 Å². The van der Waals surface area contributed by atoms with Crippen molar-refractivity contribution in [3.63, 3.8) is 0 Å². The molecule has 1 amide bonds. The van der Waals surface area contributed by atoms with Gasteiger partial charge in [-0.1, -0.05) is 11.6 Å². The topological polar surface area (TPSA) is 85.1 Å². The van der Waals surface area contributed by atoms with Crippen LogP contribution in [-0.4, -0.2) is 15.8 Å². The maximum Gasteiger partial charge on any atom is 0.300 e. The van der Waals surface area contributed by atoms with Crippen LogP contribution in [0.15, 0.2) is 30.5 Å². The molecule has 21 heavy (non-hydrogen) atoms. The van der Waals surface area contributed by atoms with Crippen molar-refractivity contribution in [1.82, 2.24) is 4.98 Å². The van der Waals surface area contributed by atoms with Crippen LogP contribution in [0, 0.1) is 22.9 Å². The van der Waals surface area contributed by atoms with E-state index in [2.05, 4.69) is 10.3 Å². The van der Waals surface area contributed by atoms with Gasteiger partial charge in [-0.15, -0.1) is 0 Å². The Bertz CT molecular complexity index is 716. The van der Waals surface area contributed by atoms with Crippen LogP contribution in [-0.2, 0) is 0 Å². The molecule has 0 spiro atoms. The molecule has 2 rings (SSSR count). The Morgan fingerprint density at radius 3 is 2.71 bits per heavy atom. The van der Waals surface area contributed by atoms with Crippen molar-refractivity contribution < 1.29 is 14.1 Å². The predicted octanol–water partition coefficient (Wildman–Crippen LogP) is 3.34. The summed E-state index contributed by atoms with van der Waals surface area (Å²) >= 11 is 5.65. The summed E-state index contributed by atoms with van der Waals surface area (Å²) in [6.07, 6.45) is 0.897. The van der Waals surface area contributed by atoms with Crippen molar-refractivity contribution in [3.8, 4) is 0 Å². The highest BCUT2D eigenvalue weighted by Gasteiger charge is 2.21. The van der Waals surface area contributed by atoms with Crippen molar-refractivity contribution >= 4 is 28.9 Å². The van der Waals surface area contributed by atoms with Gasteiger partial charge in [0.25, 0.3) is 11.6 Å². The summed E-state index contributed by atoms with van der Waals surface area (Å²) in [6, 6.07) is 5.03. The van der Waals surface area contributed by atoms with Crippen LogP contribution < -0.4 is 5.32 Å². The average Bonchev–Trinajstić information content (AvgIpc) is 2.36. The first-order valence-corrected chi connectivity index (χ1v) is 6.13. The summed E-state index contributed by atoms with van der Waals surface area (Å²) < 4.78 is 13.3. The number of anilines is 1. The van der Waals surface area contributed by atoms with Crippen molar-refractivity contribution in [3.05, 3.63) is 62.7 Å². The molecule has 0 aliphatic rings. The lowest BCUT2D eigenvalue weighted by molar-refractivity contribution is -0.385. The first-order valence-electron chi connectivity index (χ1n) is 5.75. The van der Waals surface area contributed by atoms with Crippen LogP contribution in [0.5, 0.6) is 0 Å². The number of benzene rings is 1. The van der Waals surface area contributed by atoms with Gasteiger partial charge in [0, 0.05) is 5.69 Å². The molecule has 0 radical (unpaired) electrons. The average molecular weight is 310 g/mol. The lowest BCUT2D eigenvalue weighted by atomic mass is 10.2. The molecular weight excluding hydrogens is 301 g/mol. The van der Waals surface area contributed by atoms with Crippen LogP contribution >= 0.6 is 11.6 Å². The third-order valence-electron chi connectivity index (χ3n) is 2.59. The van der Waals surface area contributed by atoms with Gasteiger partial charge >= 0.3 is 0 Å². The number of nitrogens with zero attached hydrogens (tertiary/aromatic N) is 2. The van der Waals surface area contributed by atoms with E-state index in [1.54, 1.807) is 6.92 Å². The van der Waals surface area contributed by atoms with Gasteiger partial charge in [-0.05, 0) is 36.8 Å². The van der Waals surface area contributed by atoms with Gasteiger partial charge in [0.1, 0.15) is 22.7 Å². The minimum atomic E-state index is -0.768. The number of halogens is 2. The van der Waals surface area contributed by atoms with Gasteiger partial charge < -0.3 is 5.32 Å². The number of aryl methyl sites for hydroxylation is 1. The van der Waals surface area contributed by atoms with E-state index in [1.807, 2.05) is 0 Å². The van der Waals surface area contributed by atoms with Gasteiger partial charge in [0.2, 0.25) is 0 Å². The number of hydrogen-bond acceptors (Lipinski definition) is 4. The standard InChI is InChI=1S/C13H9ClFN3O3/c1-7-2-8(15)4-9(3-7)17-13(19)10-5-12(14)16-6-11(10)18(20)21/h2-6H,1H3,(H,17,19). The minimum absolute atomic E-state index is 0.0545. The Hall–Kier alpha value is -2.54. The SMILES string of the molecule is Cc1cc(F)cc(NC(=O)c2cc(Cl)ncc2[N+](=O)[O-])c1. The quantitative estimate of drug-likeness (QED) is 0.535. The zero-order chi connectivity index (χ0) is 15.6. The summed E-state index contributed by atoms with van der Waals surface area (Å²) in [4.78, 5) is 25.8. The van der Waals surface area contributed by atoms with E-state index in [9.17, 15) is 19.3 Å². The number of nitrogens with one attached hydrogen (secondary N) is 1. The number of pyridine rings is 1.